The Balaban J connectivity index is 1.71. The van der Waals surface area contributed by atoms with Crippen molar-refractivity contribution in [3.05, 3.63) is 96.8 Å². The molecule has 4 aromatic rings. The van der Waals surface area contributed by atoms with Crippen molar-refractivity contribution in [3.63, 3.8) is 0 Å². The van der Waals surface area contributed by atoms with Gasteiger partial charge in [-0.1, -0.05) is 48.5 Å². The number of nitrogens with one attached hydrogen (secondary N) is 1. The second-order valence-corrected chi connectivity index (χ2v) is 11.0. The second-order valence-electron chi connectivity index (χ2n) is 8.74. The van der Waals surface area contributed by atoms with Gasteiger partial charge in [-0.2, -0.15) is 0 Å². The first-order chi connectivity index (χ1) is 17.3. The van der Waals surface area contributed by atoms with E-state index in [1.54, 1.807) is 42.5 Å². The van der Waals surface area contributed by atoms with Gasteiger partial charge in [0, 0.05) is 24.1 Å². The molecule has 0 atom stereocenters. The van der Waals surface area contributed by atoms with Crippen molar-refractivity contribution < 1.29 is 22.3 Å². The van der Waals surface area contributed by atoms with Crippen LogP contribution in [0.5, 0.6) is 11.5 Å². The Morgan fingerprint density at radius 3 is 2.25 bits per heavy atom. The van der Waals surface area contributed by atoms with Gasteiger partial charge in [0.15, 0.2) is 9.84 Å². The van der Waals surface area contributed by atoms with Gasteiger partial charge in [0.1, 0.15) is 17.3 Å². The molecule has 0 radical (unpaired) electrons. The number of rotatable bonds is 7. The van der Waals surface area contributed by atoms with E-state index in [4.69, 9.17) is 4.74 Å². The molecule has 1 N–H and O–H groups in total. The summed E-state index contributed by atoms with van der Waals surface area (Å²) in [5, 5.41) is 2.54. The third-order valence-corrected chi connectivity index (χ3v) is 8.28. The van der Waals surface area contributed by atoms with Gasteiger partial charge in [-0.25, -0.2) is 12.8 Å². The van der Waals surface area contributed by atoms with Crippen molar-refractivity contribution in [2.45, 2.75) is 29.9 Å². The van der Waals surface area contributed by atoms with Crippen LogP contribution in [-0.4, -0.2) is 19.6 Å². The van der Waals surface area contributed by atoms with E-state index < -0.39 is 15.7 Å². The van der Waals surface area contributed by atoms with Crippen LogP contribution in [0.2, 0.25) is 0 Å². The third-order valence-electron chi connectivity index (χ3n) is 6.00. The quantitative estimate of drug-likeness (QED) is 0.301. The summed E-state index contributed by atoms with van der Waals surface area (Å²) in [4.78, 5) is 12.3. The molecule has 7 heteroatoms. The normalized spacial score (nSPS) is 13.3. The molecule has 4 aromatic carbocycles. The summed E-state index contributed by atoms with van der Waals surface area (Å²) in [7, 11) is -3.35. The Labute approximate surface area is 209 Å². The van der Waals surface area contributed by atoms with Gasteiger partial charge in [0.2, 0.25) is 5.91 Å². The van der Waals surface area contributed by atoms with Crippen molar-refractivity contribution in [3.8, 4) is 33.8 Å². The molecule has 1 aliphatic rings. The van der Waals surface area contributed by atoms with E-state index in [0.717, 1.165) is 11.1 Å². The molecule has 5 nitrogen and oxygen atoms in total. The van der Waals surface area contributed by atoms with E-state index in [1.165, 1.54) is 19.1 Å². The first kappa shape index (κ1) is 23.8. The Kier molecular flexibility index (Phi) is 6.33. The van der Waals surface area contributed by atoms with Crippen LogP contribution in [0, 0.1) is 5.82 Å². The smallest absolute Gasteiger partial charge is 0.221 e. The zero-order chi connectivity index (χ0) is 25.3. The van der Waals surface area contributed by atoms with Gasteiger partial charge in [-0.05, 0) is 60.4 Å². The molecule has 0 unspecified atom stereocenters. The fraction of sp³-hybridized carbons (Fsp3) is 0.138. The summed E-state index contributed by atoms with van der Waals surface area (Å²) in [5.41, 5.74) is 3.31. The van der Waals surface area contributed by atoms with Gasteiger partial charge in [0.05, 0.1) is 15.8 Å². The lowest BCUT2D eigenvalue weighted by Gasteiger charge is -2.20. The number of ether oxygens (including phenoxy) is 1. The van der Waals surface area contributed by atoms with E-state index in [9.17, 15) is 17.6 Å². The van der Waals surface area contributed by atoms with Crippen molar-refractivity contribution in [1.29, 1.82) is 0 Å². The minimum absolute atomic E-state index is 0.265. The molecule has 36 heavy (non-hydrogen) atoms. The fourth-order valence-electron chi connectivity index (χ4n) is 4.14. The van der Waals surface area contributed by atoms with Crippen LogP contribution in [-0.2, 0) is 14.6 Å². The lowest BCUT2D eigenvalue weighted by atomic mass is 9.95. The zero-order valence-electron chi connectivity index (χ0n) is 19.6. The van der Waals surface area contributed by atoms with Gasteiger partial charge in [-0.3, -0.25) is 4.79 Å². The number of hydrogen-bond donors (Lipinski definition) is 1. The summed E-state index contributed by atoms with van der Waals surface area (Å²) >= 11 is 0. The standard InChI is InChI=1S/C29H24FNO4S/c1-19(32)31-27-17-16-26(20-6-3-2-4-7-20)29(35-23-9-5-8-22(30)18-23)28(27)21-10-12-24(13-11-21)36(33,34)25-14-15-25/h2-13,16-18,25H,14-15H2,1H3,(H,31,32). The van der Waals surface area contributed by atoms with Gasteiger partial charge >= 0.3 is 0 Å². The molecule has 0 aliphatic heterocycles. The molecule has 0 spiro atoms. The molecule has 0 saturated heterocycles. The maximum atomic E-state index is 14.0. The lowest BCUT2D eigenvalue weighted by Crippen LogP contribution is -2.09. The van der Waals surface area contributed by atoms with E-state index in [1.807, 2.05) is 36.4 Å². The van der Waals surface area contributed by atoms with Crippen LogP contribution in [0.25, 0.3) is 22.3 Å². The maximum Gasteiger partial charge on any atom is 0.221 e. The maximum absolute atomic E-state index is 14.0. The Morgan fingerprint density at radius 2 is 1.61 bits per heavy atom. The monoisotopic (exact) mass is 501 g/mol. The van der Waals surface area contributed by atoms with Gasteiger partial charge < -0.3 is 10.1 Å². The summed E-state index contributed by atoms with van der Waals surface area (Å²) in [6.45, 7) is 1.41. The van der Waals surface area contributed by atoms with Crippen LogP contribution in [0.4, 0.5) is 10.1 Å². The van der Waals surface area contributed by atoms with Crippen molar-refractivity contribution in [2.24, 2.45) is 0 Å². The summed E-state index contributed by atoms with van der Waals surface area (Å²) in [5.74, 6) is -0.00602. The minimum atomic E-state index is -3.35. The number of carbonyl (C=O) groups excluding carboxylic acids is 1. The highest BCUT2D eigenvalue weighted by Gasteiger charge is 2.36. The number of carbonyl (C=O) groups is 1. The van der Waals surface area contributed by atoms with E-state index in [0.29, 0.717) is 41.2 Å². The Hall–Kier alpha value is -3.97. The predicted octanol–water partition coefficient (Wildman–Crippen LogP) is 6.85. The van der Waals surface area contributed by atoms with Gasteiger partial charge in [0.25, 0.3) is 0 Å². The third kappa shape index (κ3) is 4.88. The number of hydrogen-bond acceptors (Lipinski definition) is 4. The molecule has 0 aromatic heterocycles. The van der Waals surface area contributed by atoms with Crippen LogP contribution in [0.15, 0.2) is 95.9 Å². The lowest BCUT2D eigenvalue weighted by molar-refractivity contribution is -0.114. The van der Waals surface area contributed by atoms with Crippen LogP contribution >= 0.6 is 0 Å². The summed E-state index contributed by atoms with van der Waals surface area (Å²) in [6.07, 6.45) is 1.36. The molecule has 1 saturated carbocycles. The molecule has 1 fully saturated rings. The van der Waals surface area contributed by atoms with Gasteiger partial charge in [-0.15, -0.1) is 0 Å². The largest absolute Gasteiger partial charge is 0.456 e. The summed E-state index contributed by atoms with van der Waals surface area (Å²) < 4.78 is 45.7. The average molecular weight is 502 g/mol. The molecule has 0 bridgehead atoms. The number of benzene rings is 4. The molecular formula is C29H24FNO4S. The highest BCUT2D eigenvalue weighted by Crippen LogP contribution is 2.46. The minimum Gasteiger partial charge on any atom is -0.456 e. The van der Waals surface area contributed by atoms with Crippen molar-refractivity contribution >= 4 is 21.4 Å². The Bertz CT molecular complexity index is 1530. The topological polar surface area (TPSA) is 72.5 Å². The van der Waals surface area contributed by atoms with Crippen molar-refractivity contribution in [1.82, 2.24) is 0 Å². The molecule has 5 rings (SSSR count). The van der Waals surface area contributed by atoms with E-state index in [-0.39, 0.29) is 16.1 Å². The summed E-state index contributed by atoms with van der Waals surface area (Å²) in [6, 6.07) is 25.6. The van der Waals surface area contributed by atoms with Crippen molar-refractivity contribution in [2.75, 3.05) is 5.32 Å². The number of sulfone groups is 1. The number of anilines is 1. The van der Waals surface area contributed by atoms with Crippen LogP contribution in [0.3, 0.4) is 0 Å². The second kappa shape index (κ2) is 9.59. The van der Waals surface area contributed by atoms with Crippen LogP contribution < -0.4 is 10.1 Å². The first-order valence-electron chi connectivity index (χ1n) is 11.6. The highest BCUT2D eigenvalue weighted by atomic mass is 32.2. The SMILES string of the molecule is CC(=O)Nc1ccc(-c2ccccc2)c(Oc2cccc(F)c2)c1-c1ccc(S(=O)(=O)C2CC2)cc1. The average Bonchev–Trinajstić information content (AvgIpc) is 3.71. The molecule has 182 valence electrons. The molecular weight excluding hydrogens is 477 g/mol. The zero-order valence-corrected chi connectivity index (χ0v) is 20.4. The number of halogens is 1. The van der Waals surface area contributed by atoms with E-state index in [2.05, 4.69) is 5.32 Å². The molecule has 1 amide bonds. The highest BCUT2D eigenvalue weighted by molar-refractivity contribution is 7.92. The first-order valence-corrected chi connectivity index (χ1v) is 13.2. The fourth-order valence-corrected chi connectivity index (χ4v) is 5.80. The van der Waals surface area contributed by atoms with E-state index >= 15 is 0 Å². The molecule has 1 aliphatic carbocycles. The Morgan fingerprint density at radius 1 is 0.889 bits per heavy atom. The predicted molar refractivity (Wildman–Crippen MR) is 138 cm³/mol. The van der Waals surface area contributed by atoms with Crippen LogP contribution in [0.1, 0.15) is 19.8 Å². The molecule has 0 heterocycles. The number of amides is 1.